The summed E-state index contributed by atoms with van der Waals surface area (Å²) >= 11 is 0. The molecule has 0 fully saturated rings. The van der Waals surface area contributed by atoms with Crippen LogP contribution in [0.25, 0.3) is 0 Å². The van der Waals surface area contributed by atoms with Gasteiger partial charge in [0.1, 0.15) is 11.6 Å². The summed E-state index contributed by atoms with van der Waals surface area (Å²) in [5.41, 5.74) is 0.0155. The van der Waals surface area contributed by atoms with E-state index in [1.807, 2.05) is 6.92 Å². The Labute approximate surface area is 87.3 Å². The normalized spacial score (nSPS) is 12.3. The smallest absolute Gasteiger partial charge is 0.227 e. The average Bonchev–Trinajstić information content (AvgIpc) is 2.20. The van der Waals surface area contributed by atoms with Crippen LogP contribution in [-0.2, 0) is 4.79 Å². The topological polar surface area (TPSA) is 29.1 Å². The monoisotopic (exact) mass is 213 g/mol. The van der Waals surface area contributed by atoms with E-state index in [0.717, 1.165) is 12.1 Å². The molecule has 1 aromatic carbocycles. The van der Waals surface area contributed by atoms with Crippen molar-refractivity contribution in [3.05, 3.63) is 29.8 Å². The Morgan fingerprint density at radius 1 is 1.47 bits per heavy atom. The number of nitrogens with one attached hydrogen (secondary N) is 1. The van der Waals surface area contributed by atoms with E-state index in [1.165, 1.54) is 6.07 Å². The maximum atomic E-state index is 13.1. The molecular formula is C11H13F2NO. The highest BCUT2D eigenvalue weighted by Gasteiger charge is 2.12. The second kappa shape index (κ2) is 4.87. The Morgan fingerprint density at radius 2 is 2.13 bits per heavy atom. The number of hydrogen-bond donors (Lipinski definition) is 1. The molecule has 0 saturated carbocycles. The van der Waals surface area contributed by atoms with Crippen molar-refractivity contribution in [2.45, 2.75) is 20.3 Å². The molecule has 1 rings (SSSR count). The molecule has 2 nitrogen and oxygen atoms in total. The van der Waals surface area contributed by atoms with Gasteiger partial charge < -0.3 is 5.32 Å². The molecule has 82 valence electrons. The summed E-state index contributed by atoms with van der Waals surface area (Å²) in [7, 11) is 0. The van der Waals surface area contributed by atoms with Gasteiger partial charge in [0.05, 0.1) is 5.69 Å². The second-order valence-electron chi connectivity index (χ2n) is 3.42. The molecule has 0 bridgehead atoms. The Hall–Kier alpha value is -1.45. The molecule has 1 N–H and O–H groups in total. The van der Waals surface area contributed by atoms with Crippen molar-refractivity contribution >= 4 is 11.6 Å². The predicted octanol–water partition coefficient (Wildman–Crippen LogP) is 2.95. The zero-order chi connectivity index (χ0) is 11.4. The highest BCUT2D eigenvalue weighted by atomic mass is 19.1. The van der Waals surface area contributed by atoms with Crippen LogP contribution in [0.1, 0.15) is 20.3 Å². The minimum absolute atomic E-state index is 0.0155. The van der Waals surface area contributed by atoms with Gasteiger partial charge in [-0.25, -0.2) is 8.78 Å². The maximum absolute atomic E-state index is 13.1. The van der Waals surface area contributed by atoms with Crippen molar-refractivity contribution in [1.29, 1.82) is 0 Å². The van der Waals surface area contributed by atoms with Gasteiger partial charge in [-0.15, -0.1) is 0 Å². The molecule has 4 heteroatoms. The molecule has 0 aliphatic rings. The summed E-state index contributed by atoms with van der Waals surface area (Å²) in [6, 6.07) is 3.06. The number of hydrogen-bond acceptors (Lipinski definition) is 1. The van der Waals surface area contributed by atoms with Gasteiger partial charge in [-0.2, -0.15) is 0 Å². The van der Waals surface area contributed by atoms with Crippen molar-refractivity contribution in [3.63, 3.8) is 0 Å². The molecule has 1 unspecified atom stereocenters. The summed E-state index contributed by atoms with van der Waals surface area (Å²) in [5.74, 6) is -1.86. The highest BCUT2D eigenvalue weighted by molar-refractivity contribution is 5.92. The lowest BCUT2D eigenvalue weighted by Gasteiger charge is -2.10. The zero-order valence-electron chi connectivity index (χ0n) is 8.68. The first kappa shape index (κ1) is 11.6. The van der Waals surface area contributed by atoms with Crippen molar-refractivity contribution in [1.82, 2.24) is 0 Å². The average molecular weight is 213 g/mol. The van der Waals surface area contributed by atoms with E-state index >= 15 is 0 Å². The molecule has 1 atom stereocenters. The Morgan fingerprint density at radius 3 is 2.67 bits per heavy atom. The standard InChI is InChI=1S/C11H13F2NO/c1-3-7(2)11(15)14-10-5-4-8(12)6-9(10)13/h4-7H,3H2,1-2H3,(H,14,15). The number of halogens is 2. The predicted molar refractivity (Wildman–Crippen MR) is 54.4 cm³/mol. The maximum Gasteiger partial charge on any atom is 0.227 e. The van der Waals surface area contributed by atoms with E-state index in [4.69, 9.17) is 0 Å². The van der Waals surface area contributed by atoms with Gasteiger partial charge in [-0.3, -0.25) is 4.79 Å². The van der Waals surface area contributed by atoms with Gasteiger partial charge in [-0.05, 0) is 18.6 Å². The third-order valence-corrected chi connectivity index (χ3v) is 2.25. The Bertz CT molecular complexity index is 366. The third kappa shape index (κ3) is 3.01. The largest absolute Gasteiger partial charge is 0.323 e. The quantitative estimate of drug-likeness (QED) is 0.821. The number of carbonyl (C=O) groups excluding carboxylic acids is 1. The fourth-order valence-electron chi connectivity index (χ4n) is 1.03. The lowest BCUT2D eigenvalue weighted by atomic mass is 10.1. The van der Waals surface area contributed by atoms with E-state index in [2.05, 4.69) is 5.32 Å². The van der Waals surface area contributed by atoms with Crippen LogP contribution in [0.4, 0.5) is 14.5 Å². The summed E-state index contributed by atoms with van der Waals surface area (Å²) in [4.78, 5) is 11.4. The van der Waals surface area contributed by atoms with Crippen LogP contribution < -0.4 is 5.32 Å². The highest BCUT2D eigenvalue weighted by Crippen LogP contribution is 2.16. The van der Waals surface area contributed by atoms with Crippen LogP contribution >= 0.6 is 0 Å². The molecular weight excluding hydrogens is 200 g/mol. The van der Waals surface area contributed by atoms with Gasteiger partial charge in [0.2, 0.25) is 5.91 Å². The third-order valence-electron chi connectivity index (χ3n) is 2.25. The molecule has 1 amide bonds. The van der Waals surface area contributed by atoms with E-state index in [-0.39, 0.29) is 17.5 Å². The lowest BCUT2D eigenvalue weighted by molar-refractivity contribution is -0.119. The van der Waals surface area contributed by atoms with Crippen molar-refractivity contribution in [2.24, 2.45) is 5.92 Å². The molecule has 0 radical (unpaired) electrons. The summed E-state index contributed by atoms with van der Waals surface area (Å²) in [6.07, 6.45) is 0.675. The van der Waals surface area contributed by atoms with Crippen LogP contribution in [0.2, 0.25) is 0 Å². The van der Waals surface area contributed by atoms with E-state index in [1.54, 1.807) is 6.92 Å². The number of anilines is 1. The van der Waals surface area contributed by atoms with Gasteiger partial charge in [-0.1, -0.05) is 13.8 Å². The molecule has 1 aromatic rings. The van der Waals surface area contributed by atoms with E-state index in [0.29, 0.717) is 6.42 Å². The minimum atomic E-state index is -0.758. The number of benzene rings is 1. The molecule has 0 aromatic heterocycles. The minimum Gasteiger partial charge on any atom is -0.323 e. The van der Waals surface area contributed by atoms with E-state index < -0.39 is 11.6 Å². The Kier molecular flexibility index (Phi) is 3.77. The van der Waals surface area contributed by atoms with Gasteiger partial charge >= 0.3 is 0 Å². The Balaban J connectivity index is 2.77. The van der Waals surface area contributed by atoms with Gasteiger partial charge in [0.15, 0.2) is 0 Å². The van der Waals surface area contributed by atoms with Gasteiger partial charge in [0, 0.05) is 12.0 Å². The number of rotatable bonds is 3. The molecule has 0 saturated heterocycles. The molecule has 0 aliphatic heterocycles. The van der Waals surface area contributed by atoms with Crippen LogP contribution in [0.3, 0.4) is 0 Å². The van der Waals surface area contributed by atoms with Crippen LogP contribution in [0, 0.1) is 17.6 Å². The van der Waals surface area contributed by atoms with Crippen LogP contribution in [0.5, 0.6) is 0 Å². The first-order valence-corrected chi connectivity index (χ1v) is 4.80. The fourth-order valence-corrected chi connectivity index (χ4v) is 1.03. The molecule has 0 spiro atoms. The van der Waals surface area contributed by atoms with Gasteiger partial charge in [0.25, 0.3) is 0 Å². The van der Waals surface area contributed by atoms with Crippen molar-refractivity contribution in [2.75, 3.05) is 5.32 Å². The zero-order valence-corrected chi connectivity index (χ0v) is 8.68. The molecule has 0 aliphatic carbocycles. The molecule has 0 heterocycles. The van der Waals surface area contributed by atoms with E-state index in [9.17, 15) is 13.6 Å². The van der Waals surface area contributed by atoms with Crippen molar-refractivity contribution in [3.8, 4) is 0 Å². The van der Waals surface area contributed by atoms with Crippen LogP contribution in [-0.4, -0.2) is 5.91 Å². The van der Waals surface area contributed by atoms with Crippen LogP contribution in [0.15, 0.2) is 18.2 Å². The summed E-state index contributed by atoms with van der Waals surface area (Å²) < 4.78 is 25.7. The van der Waals surface area contributed by atoms with Crippen molar-refractivity contribution < 1.29 is 13.6 Å². The first-order chi connectivity index (χ1) is 7.04. The SMILES string of the molecule is CCC(C)C(=O)Nc1ccc(F)cc1F. The lowest BCUT2D eigenvalue weighted by Crippen LogP contribution is -2.20. The summed E-state index contributed by atoms with van der Waals surface area (Å²) in [5, 5.41) is 2.41. The molecule has 15 heavy (non-hydrogen) atoms. The first-order valence-electron chi connectivity index (χ1n) is 4.80. The number of amides is 1. The number of carbonyl (C=O) groups is 1. The fraction of sp³-hybridized carbons (Fsp3) is 0.364. The summed E-state index contributed by atoms with van der Waals surface area (Å²) in [6.45, 7) is 3.61. The second-order valence-corrected chi connectivity index (χ2v) is 3.42.